The molecule has 0 atom stereocenters. The smallest absolute Gasteiger partial charge is 0.357 e. The first kappa shape index (κ1) is 14.3. The molecule has 5 nitrogen and oxygen atoms in total. The van der Waals surface area contributed by atoms with Crippen LogP contribution >= 0.6 is 11.3 Å². The number of hydrogen-bond donors (Lipinski definition) is 1. The van der Waals surface area contributed by atoms with E-state index in [-0.39, 0.29) is 11.5 Å². The average molecular weight is 303 g/mol. The summed E-state index contributed by atoms with van der Waals surface area (Å²) >= 11 is 0.866. The van der Waals surface area contributed by atoms with E-state index in [1.807, 2.05) is 0 Å². The number of nitrogens with one attached hydrogen (secondary N) is 1. The molecule has 0 bridgehead atoms. The van der Waals surface area contributed by atoms with Crippen molar-refractivity contribution < 1.29 is 18.1 Å². The van der Waals surface area contributed by atoms with E-state index in [9.17, 15) is 23.3 Å². The Morgan fingerprint density at radius 3 is 2.45 bits per heavy atom. The van der Waals surface area contributed by atoms with Crippen LogP contribution < -0.4 is 5.32 Å². The molecule has 0 aliphatic rings. The van der Waals surface area contributed by atoms with E-state index in [1.54, 1.807) is 0 Å². The van der Waals surface area contributed by atoms with Gasteiger partial charge in [-0.2, -0.15) is 13.2 Å². The lowest BCUT2D eigenvalue weighted by atomic mass is 10.1. The summed E-state index contributed by atoms with van der Waals surface area (Å²) in [4.78, 5) is 13.7. The molecule has 2 aromatic rings. The zero-order valence-electron chi connectivity index (χ0n) is 9.85. The second kappa shape index (κ2) is 5.45. The molecule has 0 fully saturated rings. The molecule has 20 heavy (non-hydrogen) atoms. The van der Waals surface area contributed by atoms with Gasteiger partial charge in [0.25, 0.3) is 0 Å². The molecule has 0 saturated heterocycles. The minimum atomic E-state index is -4.36. The van der Waals surface area contributed by atoms with Gasteiger partial charge in [-0.05, 0) is 29.0 Å². The van der Waals surface area contributed by atoms with Crippen molar-refractivity contribution in [2.75, 3.05) is 5.32 Å². The number of thiazole rings is 1. The number of nitro groups is 1. The van der Waals surface area contributed by atoms with Gasteiger partial charge in [0.05, 0.1) is 10.5 Å². The van der Waals surface area contributed by atoms with Gasteiger partial charge in [-0.15, -0.1) is 0 Å². The summed E-state index contributed by atoms with van der Waals surface area (Å²) in [5.41, 5.74) is -0.0954. The highest BCUT2D eigenvalue weighted by molar-refractivity contribution is 7.18. The maximum Gasteiger partial charge on any atom is 0.416 e. The van der Waals surface area contributed by atoms with Crippen LogP contribution in [0, 0.1) is 10.1 Å². The van der Waals surface area contributed by atoms with Crippen molar-refractivity contribution in [3.8, 4) is 0 Å². The molecular weight excluding hydrogens is 295 g/mol. The van der Waals surface area contributed by atoms with Crippen molar-refractivity contribution in [2.45, 2.75) is 12.7 Å². The highest BCUT2D eigenvalue weighted by Crippen LogP contribution is 2.29. The Balaban J connectivity index is 1.98. The van der Waals surface area contributed by atoms with Gasteiger partial charge in [0.15, 0.2) is 5.13 Å². The first-order valence-corrected chi connectivity index (χ1v) is 6.18. The zero-order chi connectivity index (χ0) is 14.8. The quantitative estimate of drug-likeness (QED) is 0.691. The fourth-order valence-corrected chi connectivity index (χ4v) is 2.05. The minimum absolute atomic E-state index is 0.0973. The predicted octanol–water partition coefficient (Wildman–Crippen LogP) is 3.68. The van der Waals surface area contributed by atoms with Crippen molar-refractivity contribution in [3.05, 3.63) is 51.7 Å². The second-order valence-electron chi connectivity index (χ2n) is 3.81. The molecule has 0 amide bonds. The Kier molecular flexibility index (Phi) is 3.89. The van der Waals surface area contributed by atoms with Gasteiger partial charge in [-0.3, -0.25) is 10.1 Å². The van der Waals surface area contributed by atoms with Crippen LogP contribution in [0.3, 0.4) is 0 Å². The van der Waals surface area contributed by atoms with Crippen molar-refractivity contribution in [2.24, 2.45) is 0 Å². The van der Waals surface area contributed by atoms with Crippen molar-refractivity contribution in [1.29, 1.82) is 0 Å². The van der Waals surface area contributed by atoms with Gasteiger partial charge < -0.3 is 5.32 Å². The molecule has 0 aliphatic heterocycles. The molecule has 0 aliphatic carbocycles. The van der Waals surface area contributed by atoms with Crippen LogP contribution in [0.1, 0.15) is 11.1 Å². The van der Waals surface area contributed by atoms with E-state index in [0.717, 1.165) is 29.7 Å². The van der Waals surface area contributed by atoms with Gasteiger partial charge in [-0.1, -0.05) is 12.1 Å². The Labute approximate surface area is 115 Å². The van der Waals surface area contributed by atoms with Crippen LogP contribution in [0.4, 0.5) is 23.3 Å². The van der Waals surface area contributed by atoms with E-state index >= 15 is 0 Å². The number of benzene rings is 1. The number of nitrogens with zero attached hydrogens (tertiary/aromatic N) is 2. The third kappa shape index (κ3) is 3.44. The molecule has 0 spiro atoms. The first-order valence-electron chi connectivity index (χ1n) is 5.36. The monoisotopic (exact) mass is 303 g/mol. The number of halogens is 3. The van der Waals surface area contributed by atoms with Crippen LogP contribution in [0.15, 0.2) is 30.5 Å². The Hall–Kier alpha value is -2.16. The molecule has 2 rings (SSSR count). The number of hydrogen-bond acceptors (Lipinski definition) is 5. The van der Waals surface area contributed by atoms with E-state index in [1.165, 1.54) is 12.1 Å². The molecule has 1 heterocycles. The Morgan fingerprint density at radius 2 is 1.95 bits per heavy atom. The highest BCUT2D eigenvalue weighted by atomic mass is 32.1. The van der Waals surface area contributed by atoms with Gasteiger partial charge in [0.1, 0.15) is 6.20 Å². The lowest BCUT2D eigenvalue weighted by molar-refractivity contribution is -0.380. The molecule has 0 unspecified atom stereocenters. The average Bonchev–Trinajstić information content (AvgIpc) is 2.85. The minimum Gasteiger partial charge on any atom is -0.357 e. The fraction of sp³-hybridized carbons (Fsp3) is 0.182. The zero-order valence-corrected chi connectivity index (χ0v) is 10.7. The lowest BCUT2D eigenvalue weighted by Gasteiger charge is -2.07. The van der Waals surface area contributed by atoms with E-state index < -0.39 is 16.7 Å². The van der Waals surface area contributed by atoms with Gasteiger partial charge in [0, 0.05) is 6.54 Å². The predicted molar refractivity (Wildman–Crippen MR) is 67.5 cm³/mol. The topological polar surface area (TPSA) is 68.1 Å². The number of rotatable bonds is 4. The largest absolute Gasteiger partial charge is 0.416 e. The normalized spacial score (nSPS) is 11.3. The van der Waals surface area contributed by atoms with Crippen molar-refractivity contribution in [1.82, 2.24) is 4.98 Å². The Bertz CT molecular complexity index is 610. The number of alkyl halides is 3. The molecule has 1 aromatic heterocycles. The van der Waals surface area contributed by atoms with Gasteiger partial charge in [0.2, 0.25) is 0 Å². The van der Waals surface area contributed by atoms with Crippen LogP contribution in [0.5, 0.6) is 0 Å². The molecule has 9 heteroatoms. The summed E-state index contributed by atoms with van der Waals surface area (Å²) in [6, 6.07) is 4.66. The third-order valence-corrected chi connectivity index (χ3v) is 3.31. The molecule has 0 saturated carbocycles. The van der Waals surface area contributed by atoms with Crippen molar-refractivity contribution in [3.63, 3.8) is 0 Å². The van der Waals surface area contributed by atoms with Crippen LogP contribution in [-0.2, 0) is 12.7 Å². The van der Waals surface area contributed by atoms with Crippen LogP contribution in [0.2, 0.25) is 0 Å². The summed E-state index contributed by atoms with van der Waals surface area (Å²) in [5.74, 6) is 0. The van der Waals surface area contributed by atoms with Gasteiger partial charge in [-0.25, -0.2) is 4.98 Å². The highest BCUT2D eigenvalue weighted by Gasteiger charge is 2.29. The summed E-state index contributed by atoms with van der Waals surface area (Å²) in [6.45, 7) is 0.239. The maximum atomic E-state index is 12.4. The Morgan fingerprint density at radius 1 is 1.30 bits per heavy atom. The number of anilines is 1. The summed E-state index contributed by atoms with van der Waals surface area (Å²) < 4.78 is 37.1. The number of aromatic nitrogens is 1. The lowest BCUT2D eigenvalue weighted by Crippen LogP contribution is -2.05. The second-order valence-corrected chi connectivity index (χ2v) is 4.82. The summed E-state index contributed by atoms with van der Waals surface area (Å²) in [6.07, 6.45) is -3.23. The molecule has 1 aromatic carbocycles. The van der Waals surface area contributed by atoms with E-state index in [2.05, 4.69) is 10.3 Å². The van der Waals surface area contributed by atoms with E-state index in [4.69, 9.17) is 0 Å². The summed E-state index contributed by atoms with van der Waals surface area (Å²) in [5, 5.41) is 13.5. The van der Waals surface area contributed by atoms with Gasteiger partial charge >= 0.3 is 11.2 Å². The molecular formula is C11H8F3N3O2S. The summed E-state index contributed by atoms with van der Waals surface area (Å²) in [7, 11) is 0. The maximum absolute atomic E-state index is 12.4. The van der Waals surface area contributed by atoms with Crippen LogP contribution in [0.25, 0.3) is 0 Å². The van der Waals surface area contributed by atoms with Crippen molar-refractivity contribution >= 4 is 21.5 Å². The molecule has 1 N–H and O–H groups in total. The first-order chi connectivity index (χ1) is 9.36. The SMILES string of the molecule is O=[N+]([O-])c1cnc(NCc2ccc(C(F)(F)F)cc2)s1. The fourth-order valence-electron chi connectivity index (χ4n) is 1.42. The van der Waals surface area contributed by atoms with E-state index in [0.29, 0.717) is 10.7 Å². The molecule has 106 valence electrons. The van der Waals surface area contributed by atoms with Crippen LogP contribution in [-0.4, -0.2) is 9.91 Å². The molecule has 0 radical (unpaired) electrons. The standard InChI is InChI=1S/C11H8F3N3O2S/c12-11(13,14)8-3-1-7(2-4-8)5-15-10-16-6-9(20-10)17(18)19/h1-4,6H,5H2,(H,15,16). The third-order valence-electron chi connectivity index (χ3n) is 2.40.